The Balaban J connectivity index is 0.000000184. The van der Waals surface area contributed by atoms with Gasteiger partial charge >= 0.3 is 0 Å². The molecular weight excluding hydrogens is 254 g/mol. The number of nitro benzene ring substituents is 1. The Labute approximate surface area is 109 Å². The summed E-state index contributed by atoms with van der Waals surface area (Å²) in [6.45, 7) is 0. The van der Waals surface area contributed by atoms with Gasteiger partial charge in [-0.15, -0.1) is 0 Å². The van der Waals surface area contributed by atoms with Gasteiger partial charge in [0.1, 0.15) is 0 Å². The highest BCUT2D eigenvalue weighted by Gasteiger charge is 2.02. The van der Waals surface area contributed by atoms with Gasteiger partial charge in [0, 0.05) is 17.8 Å². The van der Waals surface area contributed by atoms with Crippen molar-refractivity contribution in [3.63, 3.8) is 0 Å². The van der Waals surface area contributed by atoms with E-state index in [0.29, 0.717) is 16.4 Å². The number of nitro groups is 1. The van der Waals surface area contributed by atoms with E-state index < -0.39 is 4.92 Å². The zero-order chi connectivity index (χ0) is 13.5. The third-order valence-electron chi connectivity index (χ3n) is 1.99. The average Bonchev–Trinajstić information content (AvgIpc) is 2.34. The molecule has 5 nitrogen and oxygen atoms in total. The number of hydrogen-bond acceptors (Lipinski definition) is 4. The maximum absolute atomic E-state index is 10.1. The molecule has 0 spiro atoms. The van der Waals surface area contributed by atoms with Crippen LogP contribution < -0.4 is 11.5 Å². The van der Waals surface area contributed by atoms with Gasteiger partial charge in [-0.05, 0) is 18.2 Å². The minimum Gasteiger partial charge on any atom is -0.399 e. The quantitative estimate of drug-likeness (QED) is 0.470. The molecule has 2 rings (SSSR count). The first-order valence-corrected chi connectivity index (χ1v) is 5.38. The van der Waals surface area contributed by atoms with Gasteiger partial charge in [0.15, 0.2) is 0 Å². The van der Waals surface area contributed by atoms with Gasteiger partial charge in [0.05, 0.1) is 15.6 Å². The third-order valence-corrected chi connectivity index (χ3v) is 2.33. The molecule has 0 saturated carbocycles. The summed E-state index contributed by atoms with van der Waals surface area (Å²) in [7, 11) is 0. The van der Waals surface area contributed by atoms with Crippen molar-refractivity contribution >= 4 is 28.7 Å². The first-order chi connectivity index (χ1) is 8.50. The number of hydrogen-bond donors (Lipinski definition) is 2. The predicted octanol–water partition coefficient (Wildman–Crippen LogP) is 3.10. The first-order valence-electron chi connectivity index (χ1n) is 5.00. The van der Waals surface area contributed by atoms with E-state index in [1.54, 1.807) is 24.3 Å². The lowest BCUT2D eigenvalue weighted by molar-refractivity contribution is -0.384. The Hall–Kier alpha value is -2.27. The summed E-state index contributed by atoms with van der Waals surface area (Å²) < 4.78 is 0. The fourth-order valence-electron chi connectivity index (χ4n) is 1.11. The largest absolute Gasteiger partial charge is 0.399 e. The lowest BCUT2D eigenvalue weighted by Gasteiger charge is -1.91. The van der Waals surface area contributed by atoms with Crippen LogP contribution in [0.2, 0.25) is 5.02 Å². The highest BCUT2D eigenvalue weighted by Crippen LogP contribution is 2.15. The van der Waals surface area contributed by atoms with Crippen molar-refractivity contribution in [3.05, 3.63) is 63.7 Å². The number of benzene rings is 2. The molecule has 0 saturated heterocycles. The first kappa shape index (κ1) is 13.8. The van der Waals surface area contributed by atoms with Crippen molar-refractivity contribution in [2.45, 2.75) is 0 Å². The topological polar surface area (TPSA) is 95.2 Å². The molecule has 0 atom stereocenters. The van der Waals surface area contributed by atoms with Crippen LogP contribution in [0.5, 0.6) is 0 Å². The van der Waals surface area contributed by atoms with E-state index in [-0.39, 0.29) is 5.69 Å². The summed E-state index contributed by atoms with van der Waals surface area (Å²) in [6, 6.07) is 13.1. The Bertz CT molecular complexity index is 525. The molecule has 18 heavy (non-hydrogen) atoms. The average molecular weight is 266 g/mol. The number of nitrogens with two attached hydrogens (primary N) is 2. The summed E-state index contributed by atoms with van der Waals surface area (Å²) in [5, 5.41) is 10.7. The predicted molar refractivity (Wildman–Crippen MR) is 73.4 cm³/mol. The fraction of sp³-hybridized carbons (Fsp3) is 0. The number of para-hydroxylation sites is 1. The van der Waals surface area contributed by atoms with Gasteiger partial charge in [0.25, 0.3) is 5.69 Å². The molecule has 0 radical (unpaired) electrons. The SMILES string of the molecule is Nc1cccc([N+](=O)[O-])c1.Nc1ccccc1Cl. The number of non-ortho nitro benzene ring substituents is 1. The molecule has 0 aromatic heterocycles. The van der Waals surface area contributed by atoms with Crippen LogP contribution in [0.4, 0.5) is 17.1 Å². The Kier molecular flexibility index (Phi) is 4.95. The summed E-state index contributed by atoms with van der Waals surface area (Å²) in [4.78, 5) is 9.63. The standard InChI is InChI=1S/C6H6ClN.C6H6N2O2/c7-5-3-1-2-4-6(5)8;7-5-2-1-3-6(4-5)8(9)10/h1-4H,8H2;1-4H,7H2. The van der Waals surface area contributed by atoms with Crippen LogP contribution in [0.15, 0.2) is 48.5 Å². The fourth-order valence-corrected chi connectivity index (χ4v) is 1.25. The molecule has 0 aliphatic rings. The number of nitrogens with zero attached hydrogens (tertiary/aromatic N) is 1. The lowest BCUT2D eigenvalue weighted by Crippen LogP contribution is -1.89. The monoisotopic (exact) mass is 265 g/mol. The molecular formula is C12H12ClN3O2. The van der Waals surface area contributed by atoms with Crippen molar-refractivity contribution in [2.75, 3.05) is 11.5 Å². The van der Waals surface area contributed by atoms with Crippen molar-refractivity contribution in [2.24, 2.45) is 0 Å². The molecule has 94 valence electrons. The molecule has 0 bridgehead atoms. The van der Waals surface area contributed by atoms with Crippen LogP contribution in [-0.4, -0.2) is 4.92 Å². The van der Waals surface area contributed by atoms with Crippen molar-refractivity contribution < 1.29 is 4.92 Å². The van der Waals surface area contributed by atoms with E-state index in [4.69, 9.17) is 23.1 Å². The van der Waals surface area contributed by atoms with Crippen LogP contribution in [-0.2, 0) is 0 Å². The molecule has 4 N–H and O–H groups in total. The summed E-state index contributed by atoms with van der Waals surface area (Å²) >= 11 is 5.58. The maximum Gasteiger partial charge on any atom is 0.271 e. The minimum absolute atomic E-state index is 0.0278. The second kappa shape index (κ2) is 6.46. The molecule has 2 aromatic rings. The van der Waals surface area contributed by atoms with Crippen LogP contribution in [0.25, 0.3) is 0 Å². The Morgan fingerprint density at radius 1 is 1.06 bits per heavy atom. The number of nitrogen functional groups attached to an aromatic ring is 2. The van der Waals surface area contributed by atoms with Crippen molar-refractivity contribution in [1.82, 2.24) is 0 Å². The van der Waals surface area contributed by atoms with Crippen LogP contribution >= 0.6 is 11.6 Å². The molecule has 0 aliphatic heterocycles. The van der Waals surface area contributed by atoms with Gasteiger partial charge in [-0.3, -0.25) is 10.1 Å². The number of anilines is 2. The molecule has 0 heterocycles. The van der Waals surface area contributed by atoms with Gasteiger partial charge in [-0.2, -0.15) is 0 Å². The van der Waals surface area contributed by atoms with E-state index in [2.05, 4.69) is 0 Å². The molecule has 2 aromatic carbocycles. The summed E-state index contributed by atoms with van der Waals surface area (Å²) in [5.74, 6) is 0. The van der Waals surface area contributed by atoms with Gasteiger partial charge in [0.2, 0.25) is 0 Å². The summed E-state index contributed by atoms with van der Waals surface area (Å²) in [5.41, 5.74) is 11.8. The van der Waals surface area contributed by atoms with Crippen molar-refractivity contribution in [3.8, 4) is 0 Å². The molecule has 0 unspecified atom stereocenters. The zero-order valence-corrected chi connectivity index (χ0v) is 10.2. The molecule has 0 fully saturated rings. The van der Waals surface area contributed by atoms with Crippen molar-refractivity contribution in [1.29, 1.82) is 0 Å². The maximum atomic E-state index is 10.1. The Morgan fingerprint density at radius 2 is 1.72 bits per heavy atom. The van der Waals surface area contributed by atoms with E-state index in [0.717, 1.165) is 0 Å². The van der Waals surface area contributed by atoms with Crippen LogP contribution in [0, 0.1) is 10.1 Å². The number of rotatable bonds is 1. The summed E-state index contributed by atoms with van der Waals surface area (Å²) in [6.07, 6.45) is 0. The third kappa shape index (κ3) is 4.31. The smallest absolute Gasteiger partial charge is 0.271 e. The normalized spacial score (nSPS) is 9.17. The van der Waals surface area contributed by atoms with E-state index in [1.165, 1.54) is 12.1 Å². The second-order valence-electron chi connectivity index (χ2n) is 3.37. The van der Waals surface area contributed by atoms with Crippen LogP contribution in [0.1, 0.15) is 0 Å². The zero-order valence-electron chi connectivity index (χ0n) is 9.42. The lowest BCUT2D eigenvalue weighted by atomic mass is 10.3. The van der Waals surface area contributed by atoms with E-state index in [1.807, 2.05) is 12.1 Å². The molecule has 0 aliphatic carbocycles. The van der Waals surface area contributed by atoms with E-state index in [9.17, 15) is 10.1 Å². The highest BCUT2D eigenvalue weighted by molar-refractivity contribution is 6.33. The second-order valence-corrected chi connectivity index (χ2v) is 3.78. The minimum atomic E-state index is -0.476. The van der Waals surface area contributed by atoms with Crippen LogP contribution in [0.3, 0.4) is 0 Å². The Morgan fingerprint density at radius 3 is 2.11 bits per heavy atom. The van der Waals surface area contributed by atoms with Gasteiger partial charge < -0.3 is 11.5 Å². The van der Waals surface area contributed by atoms with Gasteiger partial charge in [-0.1, -0.05) is 29.8 Å². The molecule has 0 amide bonds. The van der Waals surface area contributed by atoms with Gasteiger partial charge in [-0.25, -0.2) is 0 Å². The van der Waals surface area contributed by atoms with E-state index >= 15 is 0 Å². The molecule has 6 heteroatoms. The highest BCUT2D eigenvalue weighted by atomic mass is 35.5. The number of halogens is 1.